The van der Waals surface area contributed by atoms with Gasteiger partial charge in [-0.05, 0) is 145 Å². The molecule has 0 N–H and O–H groups in total. The zero-order valence-corrected chi connectivity index (χ0v) is 57.5. The van der Waals surface area contributed by atoms with Gasteiger partial charge in [-0.2, -0.15) is 18.2 Å². The molecule has 3 aromatic heterocycles. The molecule has 4 heterocycles. The number of benzene rings is 13. The van der Waals surface area contributed by atoms with Gasteiger partial charge in [0.1, 0.15) is 5.82 Å². The smallest absolute Gasteiger partial charge is 0.268 e. The van der Waals surface area contributed by atoms with Crippen molar-refractivity contribution >= 4 is 61.7 Å². The van der Waals surface area contributed by atoms with Gasteiger partial charge in [0.05, 0.1) is 49.6 Å². The minimum absolute atomic E-state index is 0. The predicted molar refractivity (Wildman–Crippen MR) is 407 cm³/mol. The largest absolute Gasteiger partial charge is 0.510 e. The Kier molecular flexibility index (Phi) is 10.5. The average molecular weight is 1490 g/mol. The zero-order valence-electron chi connectivity index (χ0n) is 78.2. The normalized spacial score (nSPS) is 15.5. The maximum Gasteiger partial charge on any atom is 0.268 e. The molecule has 0 radical (unpaired) electrons. The van der Waals surface area contributed by atoms with Gasteiger partial charge in [0.25, 0.3) is 6.33 Å². The second-order valence-electron chi connectivity index (χ2n) is 26.1. The maximum atomic E-state index is 11.2. The van der Waals surface area contributed by atoms with E-state index in [1.54, 1.807) is 77.5 Å². The Morgan fingerprint density at radius 2 is 1.01 bits per heavy atom. The second-order valence-corrected chi connectivity index (χ2v) is 29.6. The molecule has 1 aliphatic heterocycles. The van der Waals surface area contributed by atoms with E-state index in [1.807, 2.05) is 100 Å². The van der Waals surface area contributed by atoms with Crippen LogP contribution in [0.4, 0.5) is 0 Å². The monoisotopic (exact) mass is 1490 g/mol. The molecule has 0 atom stereocenters. The van der Waals surface area contributed by atoms with Crippen LogP contribution in [-0.4, -0.2) is 22.2 Å². The van der Waals surface area contributed by atoms with Crippen molar-refractivity contribution in [2.45, 2.75) is 52.4 Å². The molecule has 13 aromatic carbocycles. The van der Waals surface area contributed by atoms with Gasteiger partial charge in [-0.3, -0.25) is 4.57 Å². The number of pyridine rings is 1. The first-order chi connectivity index (χ1) is 57.8. The molecule has 0 bridgehead atoms. The van der Waals surface area contributed by atoms with E-state index < -0.39 is 179 Å². The molecule has 0 spiro atoms. The van der Waals surface area contributed by atoms with E-state index in [-0.39, 0.29) is 76.9 Å². The van der Waals surface area contributed by atoms with Crippen LogP contribution in [-0.2, 0) is 31.9 Å². The van der Waals surface area contributed by atoms with E-state index in [2.05, 4.69) is 66.1 Å². The van der Waals surface area contributed by atoms with Crippen molar-refractivity contribution in [3.8, 4) is 95.5 Å². The van der Waals surface area contributed by atoms with Gasteiger partial charge in [0.15, 0.2) is 8.07 Å². The SMILES string of the molecule is [2H]c1c([2H])c([2H])c(-c2cccc3c2-c2cccc(-c4ccc(C(C)(C)C)cc4)c2-[n+]2[c-]n(-c4[c-]c(Oc5[c-]c6c(cc5)c5ccccc5n6-c5cc(C(C)(C)C)ccn5)ccc4)c4cc(-c5c([2H])c([2H])c([2H])c([Si](c6c([2H])c([2H])c([2H])c([2H])c6[2H])(c6c([2H])c([2H])c([2H])c([2H])c6[2H])c6c([2H])c([2H])c([2H])c([2H])c6[2H])c5[2H])cc(c42)-c2ccccc2-3)c([2H])c1[2H].[Pt]. The Hall–Kier alpha value is -11.0. The third-order valence-electron chi connectivity index (χ3n) is 18.2. The van der Waals surface area contributed by atoms with Crippen LogP contribution in [0, 0.1) is 18.5 Å². The topological polar surface area (TPSA) is 35.9 Å². The zero-order chi connectivity index (χ0) is 87.2. The van der Waals surface area contributed by atoms with Crippen molar-refractivity contribution in [2.24, 2.45) is 0 Å². The van der Waals surface area contributed by atoms with Crippen LogP contribution >= 0.6 is 0 Å². The van der Waals surface area contributed by atoms with E-state index in [0.717, 1.165) is 27.4 Å². The van der Waals surface area contributed by atoms with E-state index in [0.29, 0.717) is 61.5 Å². The van der Waals surface area contributed by atoms with E-state index >= 15 is 0 Å². The molecule has 99 heavy (non-hydrogen) atoms. The molecule has 16 aromatic rings. The van der Waals surface area contributed by atoms with Crippen LogP contribution in [0.15, 0.2) is 315 Å². The number of nitrogens with zero attached hydrogens (tertiary/aromatic N) is 4. The molecule has 0 amide bonds. The summed E-state index contributed by atoms with van der Waals surface area (Å²) in [4.78, 5) is 4.88. The van der Waals surface area contributed by atoms with Crippen molar-refractivity contribution in [1.82, 2.24) is 14.1 Å². The Morgan fingerprint density at radius 3 is 1.70 bits per heavy atom. The number of aromatic nitrogens is 4. The van der Waals surface area contributed by atoms with Crippen molar-refractivity contribution < 1.29 is 63.3 Å². The van der Waals surface area contributed by atoms with Crippen molar-refractivity contribution in [3.63, 3.8) is 0 Å². The average Bonchev–Trinajstić information content (AvgIpc) is 1.21. The van der Waals surface area contributed by atoms with Crippen molar-refractivity contribution in [3.05, 3.63) is 345 Å². The fourth-order valence-electron chi connectivity index (χ4n) is 13.6. The molecular formula is C92H70N4OPtSi-2. The molecule has 0 saturated heterocycles. The van der Waals surface area contributed by atoms with Gasteiger partial charge in [-0.1, -0.05) is 301 Å². The molecule has 0 saturated carbocycles. The number of rotatable bonds is 11. The quantitative estimate of drug-likeness (QED) is 0.0560. The summed E-state index contributed by atoms with van der Waals surface area (Å²) < 4.78 is 243. The summed E-state index contributed by atoms with van der Waals surface area (Å²) in [7, 11) is -6.39. The van der Waals surface area contributed by atoms with Crippen LogP contribution in [0.2, 0.25) is 0 Å². The van der Waals surface area contributed by atoms with E-state index in [1.165, 1.54) is 0 Å². The Labute approximate surface area is 628 Å². The molecule has 1 aliphatic rings. The summed E-state index contributed by atoms with van der Waals surface area (Å²) in [6.45, 7) is 12.6. The standard InChI is InChI=1S/C92H70N4OSi.Pt/c1-91(2,3)66-49-47-63(48-50-66)76-43-26-45-82-88-75(62-27-11-7-12-28-62)42-25-44-81(88)77-39-19-20-40-78(77)83-56-65(64-29-23-38-74(55-64)98(71-32-13-8-14-33-71,72-34-15-9-16-35-72)73-36-17-10-18-37-73)57-86-90(83)95(89(76)82)61-94(86)68-30-24-31-69(59-68)97-70-51-52-80-79-41-21-22-46-84(79)96(85(80)60-70)87-58-67(53-54-93-87)92(4,5)6;/h7-58H,1-6H3;/q-2;/i7D,8D,9D,10D,11D,12D,13D,14D,15D,16D,17D,18D,23D,27D,28D,29D,32D,33D,34D,35D,36D,37D,38D,55D;. The van der Waals surface area contributed by atoms with E-state index in [9.17, 15) is 24.7 Å². The number of para-hydroxylation sites is 2. The first kappa shape index (κ1) is 41.3. The van der Waals surface area contributed by atoms with Crippen molar-refractivity contribution in [1.29, 1.82) is 0 Å². The third-order valence-corrected chi connectivity index (χ3v) is 22.2. The number of hydrogen-bond donors (Lipinski definition) is 0. The Balaban J connectivity index is 0.0000112. The van der Waals surface area contributed by atoms with Gasteiger partial charge in [0, 0.05) is 44.3 Å². The molecule has 17 rings (SSSR count). The molecule has 7 heteroatoms. The summed E-state index contributed by atoms with van der Waals surface area (Å²) in [5, 5.41) is -2.20. The molecular weight excluding hydrogens is 1400 g/mol. The minimum atomic E-state index is -6.39. The summed E-state index contributed by atoms with van der Waals surface area (Å²) in [6.07, 6.45) is 5.51. The Morgan fingerprint density at radius 1 is 0.434 bits per heavy atom. The van der Waals surface area contributed by atoms with Gasteiger partial charge >= 0.3 is 0 Å². The maximum absolute atomic E-state index is 11.2. The number of ether oxygens (including phenoxy) is 1. The number of hydrogen-bond acceptors (Lipinski definition) is 2. The van der Waals surface area contributed by atoms with E-state index in [4.69, 9.17) is 17.9 Å². The first-order valence-electron chi connectivity index (χ1n) is 43.9. The van der Waals surface area contributed by atoms with Crippen LogP contribution in [0.25, 0.3) is 117 Å². The minimum Gasteiger partial charge on any atom is -0.510 e. The Bertz CT molecular complexity index is 7000. The van der Waals surface area contributed by atoms with Gasteiger partial charge in [-0.15, -0.1) is 29.7 Å². The molecule has 0 fully saturated rings. The van der Waals surface area contributed by atoms with Crippen LogP contribution < -0.4 is 30.1 Å². The molecule has 5 nitrogen and oxygen atoms in total. The molecule has 480 valence electrons. The third kappa shape index (κ3) is 10.9. The fraction of sp³-hybridized carbons (Fsp3) is 0.0870. The van der Waals surface area contributed by atoms with Crippen LogP contribution in [0.3, 0.4) is 0 Å². The summed E-state index contributed by atoms with van der Waals surface area (Å²) in [5.74, 6) is 1.07. The second kappa shape index (κ2) is 25.1. The van der Waals surface area contributed by atoms with Gasteiger partial charge < -0.3 is 13.9 Å². The van der Waals surface area contributed by atoms with Gasteiger partial charge in [0.2, 0.25) is 0 Å². The predicted octanol–water partition coefficient (Wildman–Crippen LogP) is 19.9. The number of imidazole rings is 1. The fourth-order valence-corrected chi connectivity index (χ4v) is 17.1. The first-order valence-corrected chi connectivity index (χ1v) is 33.9. The van der Waals surface area contributed by atoms with Gasteiger partial charge in [-0.25, -0.2) is 4.98 Å². The summed E-state index contributed by atoms with van der Waals surface area (Å²) in [6, 6.07) is 33.6. The van der Waals surface area contributed by atoms with Crippen molar-refractivity contribution in [2.75, 3.05) is 0 Å². The number of fused-ring (bicyclic) bond motifs is 10. The molecule has 0 unspecified atom stereocenters. The van der Waals surface area contributed by atoms with Crippen LogP contribution in [0.5, 0.6) is 11.5 Å². The van der Waals surface area contributed by atoms with Crippen LogP contribution in [0.1, 0.15) is 85.6 Å². The summed E-state index contributed by atoms with van der Waals surface area (Å²) in [5.41, 5.74) is 7.29. The molecule has 0 aliphatic carbocycles. The summed E-state index contributed by atoms with van der Waals surface area (Å²) >= 11 is 0.